The lowest BCUT2D eigenvalue weighted by atomic mass is 9.99. The van der Waals surface area contributed by atoms with E-state index in [1.165, 1.54) is 30.2 Å². The Hall–Kier alpha value is -1.07. The molecule has 22 heavy (non-hydrogen) atoms. The third-order valence-corrected chi connectivity index (χ3v) is 6.06. The van der Waals surface area contributed by atoms with Crippen LogP contribution >= 0.6 is 11.8 Å². The largest absolute Gasteiger partial charge is 0.381 e. The first-order valence-corrected chi connectivity index (χ1v) is 9.54. The fourth-order valence-corrected chi connectivity index (χ4v) is 4.74. The predicted octanol–water partition coefficient (Wildman–Crippen LogP) is 3.47. The number of nitrogens with zero attached hydrogens (tertiary/aromatic N) is 3. The highest BCUT2D eigenvalue weighted by molar-refractivity contribution is 7.99. The van der Waals surface area contributed by atoms with Gasteiger partial charge in [0, 0.05) is 37.6 Å². The van der Waals surface area contributed by atoms with Crippen LogP contribution in [0.25, 0.3) is 11.2 Å². The van der Waals surface area contributed by atoms with Crippen molar-refractivity contribution in [1.82, 2.24) is 14.5 Å². The first-order chi connectivity index (χ1) is 10.9. The molecule has 2 saturated heterocycles. The minimum absolute atomic E-state index is 0.591. The van der Waals surface area contributed by atoms with E-state index in [9.17, 15) is 0 Å². The molecule has 2 aliphatic heterocycles. The van der Waals surface area contributed by atoms with Gasteiger partial charge in [0.25, 0.3) is 0 Å². The van der Waals surface area contributed by atoms with Crippen molar-refractivity contribution >= 4 is 22.9 Å². The van der Waals surface area contributed by atoms with Gasteiger partial charge in [-0.25, -0.2) is 9.97 Å². The molecule has 0 aromatic carbocycles. The highest BCUT2D eigenvalue weighted by Gasteiger charge is 2.25. The Kier molecular flexibility index (Phi) is 4.35. The highest BCUT2D eigenvalue weighted by atomic mass is 32.2. The van der Waals surface area contributed by atoms with Crippen LogP contribution in [0, 0.1) is 5.92 Å². The quantitative estimate of drug-likeness (QED) is 0.869. The molecule has 0 spiro atoms. The average Bonchev–Trinajstić information content (AvgIpc) is 2.95. The number of ether oxygens (including phenoxy) is 1. The second-order valence-corrected chi connectivity index (χ2v) is 7.55. The van der Waals surface area contributed by atoms with E-state index in [0.717, 1.165) is 43.8 Å². The third-order valence-electron chi connectivity index (χ3n) is 4.84. The van der Waals surface area contributed by atoms with Gasteiger partial charge >= 0.3 is 0 Å². The summed E-state index contributed by atoms with van der Waals surface area (Å²) in [7, 11) is 0. The normalized spacial score (nSPS) is 23.9. The van der Waals surface area contributed by atoms with Crippen molar-refractivity contribution < 1.29 is 4.74 Å². The molecule has 4 rings (SSSR count). The van der Waals surface area contributed by atoms with Crippen LogP contribution in [0.2, 0.25) is 0 Å². The summed E-state index contributed by atoms with van der Waals surface area (Å²) in [6.07, 6.45) is 6.79. The second-order valence-electron chi connectivity index (χ2n) is 6.40. The fraction of sp³-hybridized carbons (Fsp3) is 0.647. The molecule has 4 heterocycles. The molecule has 2 aromatic rings. The summed E-state index contributed by atoms with van der Waals surface area (Å²) in [6, 6.07) is 4.09. The number of aromatic nitrogens is 3. The molecular formula is C17H23N3OS. The lowest BCUT2D eigenvalue weighted by Gasteiger charge is -2.26. The first-order valence-electron chi connectivity index (χ1n) is 8.38. The molecule has 2 fully saturated rings. The Balaban J connectivity index is 1.69. The average molecular weight is 317 g/mol. The van der Waals surface area contributed by atoms with Crippen molar-refractivity contribution in [3.05, 3.63) is 24.2 Å². The van der Waals surface area contributed by atoms with Gasteiger partial charge in [-0.2, -0.15) is 11.8 Å². The van der Waals surface area contributed by atoms with Gasteiger partial charge in [0.1, 0.15) is 11.3 Å². The number of thioether (sulfide) groups is 1. The van der Waals surface area contributed by atoms with Crippen LogP contribution < -0.4 is 0 Å². The Morgan fingerprint density at radius 3 is 3.00 bits per heavy atom. The molecular weight excluding hydrogens is 294 g/mol. The van der Waals surface area contributed by atoms with Gasteiger partial charge in [-0.1, -0.05) is 0 Å². The van der Waals surface area contributed by atoms with Crippen LogP contribution in [-0.4, -0.2) is 39.3 Å². The predicted molar refractivity (Wildman–Crippen MR) is 90.4 cm³/mol. The monoisotopic (exact) mass is 317 g/mol. The molecule has 118 valence electrons. The summed E-state index contributed by atoms with van der Waals surface area (Å²) in [5.41, 5.74) is 2.12. The second kappa shape index (κ2) is 6.59. The lowest BCUT2D eigenvalue weighted by molar-refractivity contribution is 0.0612. The summed E-state index contributed by atoms with van der Waals surface area (Å²) in [5.74, 6) is 5.06. The summed E-state index contributed by atoms with van der Waals surface area (Å²) >= 11 is 2.07. The van der Waals surface area contributed by atoms with E-state index in [2.05, 4.69) is 27.4 Å². The standard InChI is InChI=1S/C17H23N3OS/c1-4-15-17(18-7-1)20(11-13-5-8-21-9-6-13)16(19-15)14-3-2-10-22-12-14/h1,4,7,13-14H,2-3,5-6,8-12H2. The molecule has 1 unspecified atom stereocenters. The SMILES string of the molecule is c1cnc2c(c1)nc(C1CCCSC1)n2CC1CCOCC1. The molecule has 0 radical (unpaired) electrons. The van der Waals surface area contributed by atoms with Gasteiger partial charge in [0.15, 0.2) is 5.65 Å². The zero-order valence-corrected chi connectivity index (χ0v) is 13.7. The summed E-state index contributed by atoms with van der Waals surface area (Å²) in [4.78, 5) is 9.58. The van der Waals surface area contributed by atoms with Crippen molar-refractivity contribution in [1.29, 1.82) is 0 Å². The molecule has 2 aliphatic rings. The molecule has 0 aliphatic carbocycles. The van der Waals surface area contributed by atoms with Crippen molar-refractivity contribution in [2.75, 3.05) is 24.7 Å². The number of hydrogen-bond acceptors (Lipinski definition) is 4. The smallest absolute Gasteiger partial charge is 0.160 e. The van der Waals surface area contributed by atoms with Crippen molar-refractivity contribution in [3.8, 4) is 0 Å². The van der Waals surface area contributed by atoms with E-state index < -0.39 is 0 Å². The molecule has 2 aromatic heterocycles. The zero-order chi connectivity index (χ0) is 14.8. The van der Waals surface area contributed by atoms with Crippen molar-refractivity contribution in [2.24, 2.45) is 5.92 Å². The number of hydrogen-bond donors (Lipinski definition) is 0. The van der Waals surface area contributed by atoms with Crippen molar-refractivity contribution in [2.45, 2.75) is 38.1 Å². The fourth-order valence-electron chi connectivity index (χ4n) is 3.60. The summed E-state index contributed by atoms with van der Waals surface area (Å²) in [5, 5.41) is 0. The first kappa shape index (κ1) is 14.5. The van der Waals surface area contributed by atoms with Crippen LogP contribution in [0.4, 0.5) is 0 Å². The van der Waals surface area contributed by atoms with E-state index in [0.29, 0.717) is 11.8 Å². The molecule has 5 heteroatoms. The lowest BCUT2D eigenvalue weighted by Crippen LogP contribution is -2.23. The van der Waals surface area contributed by atoms with Crippen LogP contribution in [0.15, 0.2) is 18.3 Å². The Bertz CT molecular complexity index is 630. The van der Waals surface area contributed by atoms with Gasteiger partial charge in [-0.15, -0.1) is 0 Å². The number of fused-ring (bicyclic) bond motifs is 1. The number of pyridine rings is 1. The maximum absolute atomic E-state index is 5.51. The molecule has 1 atom stereocenters. The minimum atomic E-state index is 0.591. The number of imidazole rings is 1. The Morgan fingerprint density at radius 2 is 2.18 bits per heavy atom. The van der Waals surface area contributed by atoms with E-state index in [-0.39, 0.29) is 0 Å². The van der Waals surface area contributed by atoms with Gasteiger partial charge in [0.2, 0.25) is 0 Å². The van der Waals surface area contributed by atoms with Gasteiger partial charge < -0.3 is 9.30 Å². The van der Waals surface area contributed by atoms with Gasteiger partial charge in [-0.05, 0) is 49.5 Å². The maximum Gasteiger partial charge on any atom is 0.160 e. The summed E-state index contributed by atoms with van der Waals surface area (Å²) in [6.45, 7) is 2.85. The van der Waals surface area contributed by atoms with Gasteiger partial charge in [-0.3, -0.25) is 0 Å². The molecule has 0 amide bonds. The van der Waals surface area contributed by atoms with Crippen molar-refractivity contribution in [3.63, 3.8) is 0 Å². The Labute approximate surface area is 135 Å². The van der Waals surface area contributed by atoms with E-state index in [1.54, 1.807) is 0 Å². The van der Waals surface area contributed by atoms with Crippen LogP contribution in [0.1, 0.15) is 37.4 Å². The molecule has 4 nitrogen and oxygen atoms in total. The molecule has 0 N–H and O–H groups in total. The number of rotatable bonds is 3. The maximum atomic E-state index is 5.51. The van der Waals surface area contributed by atoms with Crippen LogP contribution in [0.5, 0.6) is 0 Å². The van der Waals surface area contributed by atoms with E-state index in [4.69, 9.17) is 9.72 Å². The molecule has 0 bridgehead atoms. The minimum Gasteiger partial charge on any atom is -0.381 e. The highest BCUT2D eigenvalue weighted by Crippen LogP contribution is 2.33. The van der Waals surface area contributed by atoms with Crippen LogP contribution in [-0.2, 0) is 11.3 Å². The van der Waals surface area contributed by atoms with E-state index >= 15 is 0 Å². The third kappa shape index (κ3) is 2.88. The Morgan fingerprint density at radius 1 is 1.27 bits per heavy atom. The zero-order valence-electron chi connectivity index (χ0n) is 12.9. The van der Waals surface area contributed by atoms with E-state index in [1.807, 2.05) is 12.3 Å². The van der Waals surface area contributed by atoms with Crippen LogP contribution in [0.3, 0.4) is 0 Å². The topological polar surface area (TPSA) is 39.9 Å². The summed E-state index contributed by atoms with van der Waals surface area (Å²) < 4.78 is 7.93. The van der Waals surface area contributed by atoms with Gasteiger partial charge in [0.05, 0.1) is 0 Å². The molecule has 0 saturated carbocycles.